The molecule has 3 aliphatic rings. The quantitative estimate of drug-likeness (QED) is 0.592. The smallest absolute Gasteiger partial charge is 0.204 e. The second kappa shape index (κ2) is 6.39. The number of nitrogens with zero attached hydrogens (tertiary/aromatic N) is 1. The van der Waals surface area contributed by atoms with Crippen molar-refractivity contribution in [3.05, 3.63) is 87.7 Å². The molecule has 0 radical (unpaired) electrons. The van der Waals surface area contributed by atoms with Gasteiger partial charge in [-0.15, -0.1) is 0 Å². The molecular formula is C20H14N4OZn. The first-order chi connectivity index (χ1) is 12.2. The van der Waals surface area contributed by atoms with Crippen LogP contribution in [0.4, 0.5) is 0 Å². The van der Waals surface area contributed by atoms with Gasteiger partial charge in [-0.05, 0) is 60.7 Å². The molecule has 0 unspecified atom stereocenters. The number of H-pyrrole nitrogens is 2. The van der Waals surface area contributed by atoms with Gasteiger partial charge in [-0.25, -0.2) is 4.99 Å². The zero-order valence-corrected chi connectivity index (χ0v) is 16.9. The van der Waals surface area contributed by atoms with Gasteiger partial charge in [-0.2, -0.15) is 0 Å². The largest absolute Gasteiger partial charge is 0.355 e. The minimum Gasteiger partial charge on any atom is -0.355 e. The number of aliphatic imine (C=N–C) groups is 1. The summed E-state index contributed by atoms with van der Waals surface area (Å²) in [6.07, 6.45) is 13.1. The first-order valence-corrected chi connectivity index (χ1v) is 8.02. The molecule has 0 atom stereocenters. The van der Waals surface area contributed by atoms with E-state index in [-0.39, 0.29) is 25.3 Å². The number of hydrogen-bond donors (Lipinski definition) is 3. The van der Waals surface area contributed by atoms with Crippen LogP contribution >= 0.6 is 0 Å². The van der Waals surface area contributed by atoms with Crippen molar-refractivity contribution in [2.24, 2.45) is 4.99 Å². The SMILES string of the molecule is O=C1C=C2C=c3ccc([nH]3)=Cc3ccc([nH]3)C=C3C=CC(=N3)C=C1N2.[Zn]. The predicted molar refractivity (Wildman–Crippen MR) is 97.7 cm³/mol. The molecule has 122 valence electrons. The molecule has 0 saturated heterocycles. The predicted octanol–water partition coefficient (Wildman–Crippen LogP) is 1.26. The summed E-state index contributed by atoms with van der Waals surface area (Å²) < 4.78 is 0. The van der Waals surface area contributed by atoms with Gasteiger partial charge in [0.25, 0.3) is 0 Å². The molecule has 0 fully saturated rings. The number of ketones is 1. The normalized spacial score (nSPS) is 17.2. The molecule has 8 bridgehead atoms. The van der Waals surface area contributed by atoms with Crippen molar-refractivity contribution >= 4 is 29.7 Å². The van der Waals surface area contributed by atoms with Gasteiger partial charge in [0.05, 0.1) is 17.1 Å². The van der Waals surface area contributed by atoms with E-state index in [1.165, 1.54) is 0 Å². The number of carbonyl (C=O) groups is 1. The molecule has 3 N–H and O–H groups in total. The van der Waals surface area contributed by atoms with E-state index >= 15 is 0 Å². The summed E-state index contributed by atoms with van der Waals surface area (Å²) in [4.78, 5) is 23.4. The number of fused-ring (bicyclic) bond motifs is 7. The van der Waals surface area contributed by atoms with Gasteiger partial charge >= 0.3 is 0 Å². The molecule has 0 amide bonds. The van der Waals surface area contributed by atoms with Crippen molar-refractivity contribution in [3.8, 4) is 0 Å². The Hall–Kier alpha value is -2.98. The fraction of sp³-hybridized carbons (Fsp3) is 0. The zero-order chi connectivity index (χ0) is 16.8. The molecule has 0 aliphatic carbocycles. The Labute approximate surface area is 162 Å². The van der Waals surface area contributed by atoms with E-state index in [0.29, 0.717) is 5.70 Å². The number of rotatable bonds is 0. The number of allylic oxidation sites excluding steroid dienone is 5. The van der Waals surface area contributed by atoms with Crippen molar-refractivity contribution in [2.45, 2.75) is 0 Å². The van der Waals surface area contributed by atoms with Crippen LogP contribution in [-0.4, -0.2) is 21.5 Å². The molecule has 5 rings (SSSR count). The van der Waals surface area contributed by atoms with Crippen molar-refractivity contribution < 1.29 is 24.3 Å². The van der Waals surface area contributed by atoms with Crippen LogP contribution in [0.3, 0.4) is 0 Å². The van der Waals surface area contributed by atoms with Crippen molar-refractivity contribution in [3.63, 3.8) is 0 Å². The van der Waals surface area contributed by atoms with Crippen molar-refractivity contribution in [1.82, 2.24) is 15.3 Å². The second-order valence-electron chi connectivity index (χ2n) is 6.11. The van der Waals surface area contributed by atoms with Crippen LogP contribution in [0.5, 0.6) is 0 Å². The summed E-state index contributed by atoms with van der Waals surface area (Å²) in [5, 5.41) is 5.07. The molecule has 3 aliphatic heterocycles. The van der Waals surface area contributed by atoms with Gasteiger partial charge in [0.2, 0.25) is 5.78 Å². The van der Waals surface area contributed by atoms with E-state index in [1.807, 2.05) is 54.6 Å². The van der Waals surface area contributed by atoms with Gasteiger partial charge in [-0.1, -0.05) is 0 Å². The Morgan fingerprint density at radius 1 is 0.769 bits per heavy atom. The van der Waals surface area contributed by atoms with Gasteiger partial charge in [0.15, 0.2) is 0 Å². The average Bonchev–Trinajstić information content (AvgIpc) is 3.33. The monoisotopic (exact) mass is 390 g/mol. The fourth-order valence-electron chi connectivity index (χ4n) is 3.05. The first kappa shape index (κ1) is 16.5. The van der Waals surface area contributed by atoms with E-state index < -0.39 is 0 Å². The Balaban J connectivity index is 0.00000168. The molecule has 6 heteroatoms. The van der Waals surface area contributed by atoms with E-state index in [0.717, 1.165) is 39.2 Å². The summed E-state index contributed by atoms with van der Waals surface area (Å²) >= 11 is 0. The second-order valence-corrected chi connectivity index (χ2v) is 6.11. The average molecular weight is 392 g/mol. The maximum Gasteiger partial charge on any atom is 0.204 e. The third-order valence-electron chi connectivity index (χ3n) is 4.19. The summed E-state index contributed by atoms with van der Waals surface area (Å²) in [5.41, 5.74) is 4.88. The van der Waals surface area contributed by atoms with Crippen LogP contribution in [0.15, 0.2) is 70.7 Å². The third kappa shape index (κ3) is 3.11. The van der Waals surface area contributed by atoms with Gasteiger partial charge in [0.1, 0.15) is 0 Å². The molecule has 2 aromatic rings. The van der Waals surface area contributed by atoms with Crippen LogP contribution in [0, 0.1) is 0 Å². The van der Waals surface area contributed by atoms with Gasteiger partial charge in [-0.3, -0.25) is 4.79 Å². The summed E-state index contributed by atoms with van der Waals surface area (Å²) in [6, 6.07) is 8.04. The van der Waals surface area contributed by atoms with E-state index in [2.05, 4.69) is 20.3 Å². The summed E-state index contributed by atoms with van der Waals surface area (Å²) in [7, 11) is 0. The van der Waals surface area contributed by atoms with Crippen molar-refractivity contribution in [1.29, 1.82) is 0 Å². The maximum absolute atomic E-state index is 12.2. The Kier molecular flexibility index (Phi) is 4.05. The fourth-order valence-corrected chi connectivity index (χ4v) is 3.05. The zero-order valence-electron chi connectivity index (χ0n) is 13.9. The molecule has 0 saturated carbocycles. The van der Waals surface area contributed by atoms with Gasteiger partial charge in [0, 0.05) is 53.3 Å². The molecular weight excluding hydrogens is 378 g/mol. The minimum atomic E-state index is -0.0453. The van der Waals surface area contributed by atoms with Crippen LogP contribution in [0.25, 0.3) is 18.2 Å². The Bertz CT molecular complexity index is 1180. The molecule has 0 aromatic carbocycles. The van der Waals surface area contributed by atoms with Crippen LogP contribution in [-0.2, 0) is 24.3 Å². The third-order valence-corrected chi connectivity index (χ3v) is 4.19. The maximum atomic E-state index is 12.2. The van der Waals surface area contributed by atoms with Crippen LogP contribution < -0.4 is 16.0 Å². The molecule has 0 spiro atoms. The molecule has 5 heterocycles. The molecule has 26 heavy (non-hydrogen) atoms. The molecule has 2 aromatic heterocycles. The number of hydrogen-bond acceptors (Lipinski definition) is 3. The Morgan fingerprint density at radius 3 is 2.38 bits per heavy atom. The standard InChI is InChI=1S/C20H14N4O.Zn/c25-20-11-18-9-16-4-3-14(22-16)7-12-1-2-13(21-12)8-15-5-6-17(23-15)10-19(20)24-18;/h1-11,21-22,24H;. The van der Waals surface area contributed by atoms with E-state index in [1.54, 1.807) is 12.2 Å². The number of aromatic nitrogens is 2. The van der Waals surface area contributed by atoms with E-state index in [4.69, 9.17) is 0 Å². The van der Waals surface area contributed by atoms with Crippen LogP contribution in [0.1, 0.15) is 11.4 Å². The minimum absolute atomic E-state index is 0. The Morgan fingerprint density at radius 2 is 1.54 bits per heavy atom. The summed E-state index contributed by atoms with van der Waals surface area (Å²) in [5.74, 6) is -0.0453. The first-order valence-electron chi connectivity index (χ1n) is 8.02. The van der Waals surface area contributed by atoms with Crippen LogP contribution in [0.2, 0.25) is 0 Å². The van der Waals surface area contributed by atoms with Gasteiger partial charge < -0.3 is 15.3 Å². The number of carbonyl (C=O) groups excluding carboxylic acids is 1. The van der Waals surface area contributed by atoms with Crippen molar-refractivity contribution in [2.75, 3.05) is 0 Å². The topological polar surface area (TPSA) is 73.0 Å². The van der Waals surface area contributed by atoms with E-state index in [9.17, 15) is 4.79 Å². The number of aromatic amines is 2. The molecule has 5 nitrogen and oxygen atoms in total. The summed E-state index contributed by atoms with van der Waals surface area (Å²) in [6.45, 7) is 0. The number of nitrogens with one attached hydrogen (secondary N) is 3.